The number of amides is 1. The Hall–Kier alpha value is -1.34. The number of carbonyl (C=O) groups excluding carboxylic acids is 1. The summed E-state index contributed by atoms with van der Waals surface area (Å²) >= 11 is 0. The lowest BCUT2D eigenvalue weighted by molar-refractivity contribution is -0.137. The van der Waals surface area contributed by atoms with Gasteiger partial charge in [-0.25, -0.2) is 4.39 Å². The van der Waals surface area contributed by atoms with Gasteiger partial charge >= 0.3 is 6.18 Å². The molecule has 0 unspecified atom stereocenters. The van der Waals surface area contributed by atoms with E-state index in [1.54, 1.807) is 13.8 Å². The van der Waals surface area contributed by atoms with Crippen molar-refractivity contribution in [3.63, 3.8) is 0 Å². The van der Waals surface area contributed by atoms with Gasteiger partial charge in [-0.2, -0.15) is 13.2 Å². The molecular weight excluding hydrogens is 300 g/mol. The second-order valence-electron chi connectivity index (χ2n) is 4.73. The van der Waals surface area contributed by atoms with Crippen molar-refractivity contribution in [1.82, 2.24) is 5.32 Å². The van der Waals surface area contributed by atoms with Crippen molar-refractivity contribution in [1.29, 1.82) is 0 Å². The Balaban J connectivity index is 0.00000361. The van der Waals surface area contributed by atoms with Crippen LogP contribution in [0.3, 0.4) is 0 Å². The minimum absolute atomic E-state index is 0. The van der Waals surface area contributed by atoms with Gasteiger partial charge in [0.15, 0.2) is 0 Å². The lowest BCUT2D eigenvalue weighted by Gasteiger charge is -2.24. The molecule has 0 aromatic heterocycles. The minimum Gasteiger partial charge on any atom is -0.346 e. The van der Waals surface area contributed by atoms with Crippen LogP contribution >= 0.6 is 12.4 Å². The van der Waals surface area contributed by atoms with Crippen LogP contribution in [0.15, 0.2) is 18.2 Å². The third kappa shape index (κ3) is 4.64. The topological polar surface area (TPSA) is 55.1 Å². The van der Waals surface area contributed by atoms with Crippen molar-refractivity contribution in [2.24, 2.45) is 5.73 Å². The largest absolute Gasteiger partial charge is 0.416 e. The first-order valence-corrected chi connectivity index (χ1v) is 5.46. The van der Waals surface area contributed by atoms with Gasteiger partial charge in [0.2, 0.25) is 0 Å². The quantitative estimate of drug-likeness (QED) is 0.843. The van der Waals surface area contributed by atoms with Crippen molar-refractivity contribution >= 4 is 18.3 Å². The normalized spacial score (nSPS) is 11.8. The van der Waals surface area contributed by atoms with Gasteiger partial charge in [0.25, 0.3) is 5.91 Å². The van der Waals surface area contributed by atoms with Crippen LogP contribution < -0.4 is 11.1 Å². The summed E-state index contributed by atoms with van der Waals surface area (Å²) in [5, 5.41) is 2.37. The third-order valence-electron chi connectivity index (χ3n) is 2.50. The van der Waals surface area contributed by atoms with Crippen molar-refractivity contribution in [2.45, 2.75) is 25.6 Å². The van der Waals surface area contributed by atoms with Crippen LogP contribution in [0.25, 0.3) is 0 Å². The van der Waals surface area contributed by atoms with Crippen molar-refractivity contribution in [2.75, 3.05) is 6.54 Å². The van der Waals surface area contributed by atoms with E-state index in [1.807, 2.05) is 0 Å². The fourth-order valence-electron chi connectivity index (χ4n) is 1.30. The number of benzene rings is 1. The Morgan fingerprint density at radius 1 is 1.30 bits per heavy atom. The lowest BCUT2D eigenvalue weighted by Crippen LogP contribution is -2.49. The van der Waals surface area contributed by atoms with Crippen LogP contribution in [0.2, 0.25) is 0 Å². The molecule has 0 spiro atoms. The zero-order valence-electron chi connectivity index (χ0n) is 10.8. The van der Waals surface area contributed by atoms with Gasteiger partial charge < -0.3 is 11.1 Å². The van der Waals surface area contributed by atoms with Gasteiger partial charge in [-0.3, -0.25) is 4.79 Å². The molecule has 0 aliphatic heterocycles. The molecule has 1 rings (SSSR count). The van der Waals surface area contributed by atoms with Gasteiger partial charge in [-0.05, 0) is 32.0 Å². The zero-order chi connectivity index (χ0) is 14.8. The van der Waals surface area contributed by atoms with E-state index >= 15 is 0 Å². The molecule has 1 amide bonds. The van der Waals surface area contributed by atoms with Gasteiger partial charge in [0.05, 0.1) is 11.1 Å². The molecule has 0 saturated carbocycles. The highest BCUT2D eigenvalue weighted by Crippen LogP contribution is 2.30. The standard InChI is InChI=1S/C12H14F4N2O.ClH/c1-11(2,6-17)18-10(19)8-5-7(12(14,15)16)3-4-9(8)13;/h3-5H,6,17H2,1-2H3,(H,18,19);1H. The Bertz CT molecular complexity index is 489. The van der Waals surface area contributed by atoms with Gasteiger partial charge in [-0.15, -0.1) is 12.4 Å². The summed E-state index contributed by atoms with van der Waals surface area (Å²) in [5.74, 6) is -1.95. The average molecular weight is 315 g/mol. The smallest absolute Gasteiger partial charge is 0.346 e. The van der Waals surface area contributed by atoms with Crippen LogP contribution in [0.4, 0.5) is 17.6 Å². The molecule has 3 N–H and O–H groups in total. The van der Waals surface area contributed by atoms with E-state index in [4.69, 9.17) is 5.73 Å². The van der Waals surface area contributed by atoms with E-state index in [1.165, 1.54) is 0 Å². The maximum Gasteiger partial charge on any atom is 0.416 e. The monoisotopic (exact) mass is 314 g/mol. The van der Waals surface area contributed by atoms with Crippen molar-refractivity contribution < 1.29 is 22.4 Å². The summed E-state index contributed by atoms with van der Waals surface area (Å²) in [6, 6.07) is 1.69. The minimum atomic E-state index is -4.63. The fourth-order valence-corrected chi connectivity index (χ4v) is 1.30. The highest BCUT2D eigenvalue weighted by Gasteiger charge is 2.32. The maximum atomic E-state index is 13.4. The van der Waals surface area contributed by atoms with Crippen molar-refractivity contribution in [3.8, 4) is 0 Å². The third-order valence-corrected chi connectivity index (χ3v) is 2.50. The van der Waals surface area contributed by atoms with E-state index in [-0.39, 0.29) is 19.0 Å². The Labute approximate surface area is 119 Å². The van der Waals surface area contributed by atoms with E-state index in [9.17, 15) is 22.4 Å². The predicted molar refractivity (Wildman–Crippen MR) is 69.2 cm³/mol. The number of carbonyl (C=O) groups is 1. The molecule has 0 heterocycles. The van der Waals surface area contributed by atoms with E-state index in [0.717, 1.165) is 0 Å². The van der Waals surface area contributed by atoms with Crippen LogP contribution in [-0.4, -0.2) is 18.0 Å². The summed E-state index contributed by atoms with van der Waals surface area (Å²) in [5.41, 5.74) is 2.81. The fraction of sp³-hybridized carbons (Fsp3) is 0.417. The van der Waals surface area contributed by atoms with Crippen LogP contribution in [0, 0.1) is 5.82 Å². The molecule has 3 nitrogen and oxygen atoms in total. The number of hydrogen-bond acceptors (Lipinski definition) is 2. The lowest BCUT2D eigenvalue weighted by atomic mass is 10.0. The number of halogens is 5. The average Bonchev–Trinajstić information content (AvgIpc) is 2.27. The molecule has 0 bridgehead atoms. The Kier molecular flexibility index (Phi) is 5.98. The Morgan fingerprint density at radius 2 is 1.85 bits per heavy atom. The summed E-state index contributed by atoms with van der Waals surface area (Å²) in [4.78, 5) is 11.7. The molecule has 0 aliphatic rings. The molecule has 0 atom stereocenters. The molecule has 1 aromatic rings. The summed E-state index contributed by atoms with van der Waals surface area (Å²) < 4.78 is 50.9. The number of alkyl halides is 3. The van der Waals surface area contributed by atoms with Crippen LogP contribution in [-0.2, 0) is 6.18 Å². The molecule has 1 aromatic carbocycles. The van der Waals surface area contributed by atoms with E-state index < -0.39 is 34.6 Å². The highest BCUT2D eigenvalue weighted by molar-refractivity contribution is 5.95. The van der Waals surface area contributed by atoms with Gasteiger partial charge in [0.1, 0.15) is 5.82 Å². The number of nitrogens with one attached hydrogen (secondary N) is 1. The summed E-state index contributed by atoms with van der Waals surface area (Å²) in [7, 11) is 0. The Morgan fingerprint density at radius 3 is 2.30 bits per heavy atom. The zero-order valence-corrected chi connectivity index (χ0v) is 11.7. The number of hydrogen-bond donors (Lipinski definition) is 2. The second kappa shape index (κ2) is 6.41. The highest BCUT2D eigenvalue weighted by atomic mass is 35.5. The SMILES string of the molecule is CC(C)(CN)NC(=O)c1cc(C(F)(F)F)ccc1F.Cl. The molecule has 0 aliphatic carbocycles. The van der Waals surface area contributed by atoms with E-state index in [0.29, 0.717) is 18.2 Å². The maximum absolute atomic E-state index is 13.4. The molecule has 0 saturated heterocycles. The predicted octanol–water partition coefficient (Wildman–Crippen LogP) is 2.73. The van der Waals surface area contributed by atoms with Crippen LogP contribution in [0.1, 0.15) is 29.8 Å². The first-order chi connectivity index (χ1) is 8.57. The summed E-state index contributed by atoms with van der Waals surface area (Å²) in [6.45, 7) is 3.23. The second-order valence-corrected chi connectivity index (χ2v) is 4.73. The number of rotatable bonds is 3. The van der Waals surface area contributed by atoms with Gasteiger partial charge in [0, 0.05) is 12.1 Å². The van der Waals surface area contributed by atoms with Crippen molar-refractivity contribution in [3.05, 3.63) is 35.1 Å². The molecule has 20 heavy (non-hydrogen) atoms. The first kappa shape index (κ1) is 18.7. The first-order valence-electron chi connectivity index (χ1n) is 5.46. The number of nitrogens with two attached hydrogens (primary N) is 1. The van der Waals surface area contributed by atoms with Gasteiger partial charge in [-0.1, -0.05) is 0 Å². The molecule has 8 heteroatoms. The molecular formula is C12H15ClF4N2O. The van der Waals surface area contributed by atoms with E-state index in [2.05, 4.69) is 5.32 Å². The van der Waals surface area contributed by atoms with Crippen LogP contribution in [0.5, 0.6) is 0 Å². The molecule has 0 radical (unpaired) electrons. The molecule has 114 valence electrons. The molecule has 0 fully saturated rings. The summed E-state index contributed by atoms with van der Waals surface area (Å²) in [6.07, 6.45) is -4.63.